The maximum Gasteiger partial charge on any atom is 0.246 e. The van der Waals surface area contributed by atoms with E-state index in [2.05, 4.69) is 24.9 Å². The molecule has 0 radical (unpaired) electrons. The summed E-state index contributed by atoms with van der Waals surface area (Å²) < 4.78 is 0. The van der Waals surface area contributed by atoms with Gasteiger partial charge in [0.1, 0.15) is 11.0 Å². The number of carbonyl (C=O) groups is 1. The van der Waals surface area contributed by atoms with Crippen LogP contribution in [0.25, 0.3) is 0 Å². The molecule has 1 amide bonds. The normalized spacial score (nSPS) is 29.3. The molecule has 0 N–H and O–H groups in total. The van der Waals surface area contributed by atoms with Crippen LogP contribution in [-0.2, 0) is 4.79 Å². The van der Waals surface area contributed by atoms with Gasteiger partial charge in [-0.1, -0.05) is 26.7 Å². The Labute approximate surface area is 159 Å². The molecular formula is C19H27N5OS. The number of rotatable bonds is 2. The number of fused-ring (bicyclic) bond motifs is 1. The van der Waals surface area contributed by atoms with Gasteiger partial charge in [0.15, 0.2) is 6.19 Å². The zero-order chi connectivity index (χ0) is 18.3. The van der Waals surface area contributed by atoms with Gasteiger partial charge in [-0.2, -0.15) is 5.26 Å². The highest BCUT2D eigenvalue weighted by atomic mass is 32.1. The molecule has 0 aromatic carbocycles. The molecule has 1 saturated carbocycles. The third-order valence-electron chi connectivity index (χ3n) is 6.38. The minimum absolute atomic E-state index is 0.120. The average molecular weight is 374 g/mol. The number of nitrogens with zero attached hydrogens (tertiary/aromatic N) is 5. The van der Waals surface area contributed by atoms with Gasteiger partial charge in [0.25, 0.3) is 0 Å². The summed E-state index contributed by atoms with van der Waals surface area (Å²) in [4.78, 5) is 23.6. The number of hydrogen-bond acceptors (Lipinski definition) is 6. The van der Waals surface area contributed by atoms with Crippen LogP contribution < -0.4 is 4.90 Å². The Hall–Kier alpha value is -1.65. The van der Waals surface area contributed by atoms with Gasteiger partial charge in [-0.25, -0.2) is 4.98 Å². The fourth-order valence-corrected chi connectivity index (χ4v) is 5.96. The van der Waals surface area contributed by atoms with Crippen molar-refractivity contribution in [3.63, 3.8) is 0 Å². The van der Waals surface area contributed by atoms with Crippen molar-refractivity contribution in [2.45, 2.75) is 51.5 Å². The summed E-state index contributed by atoms with van der Waals surface area (Å²) in [6.07, 6.45) is 9.10. The van der Waals surface area contributed by atoms with E-state index in [9.17, 15) is 10.1 Å². The number of aromatic nitrogens is 1. The van der Waals surface area contributed by atoms with E-state index in [4.69, 9.17) is 4.98 Å². The van der Waals surface area contributed by atoms with Crippen molar-refractivity contribution in [3.8, 4) is 6.19 Å². The largest absolute Gasteiger partial charge is 0.307 e. The molecule has 6 nitrogen and oxygen atoms in total. The zero-order valence-electron chi connectivity index (χ0n) is 15.6. The summed E-state index contributed by atoms with van der Waals surface area (Å²) in [7, 11) is 0. The zero-order valence-corrected chi connectivity index (χ0v) is 16.5. The molecule has 2 saturated heterocycles. The molecule has 1 aromatic heterocycles. The van der Waals surface area contributed by atoms with Crippen LogP contribution in [0, 0.1) is 16.9 Å². The molecule has 3 fully saturated rings. The van der Waals surface area contributed by atoms with Crippen LogP contribution in [0.5, 0.6) is 0 Å². The Kier molecular flexibility index (Phi) is 4.66. The van der Waals surface area contributed by atoms with Gasteiger partial charge < -0.3 is 4.90 Å². The second kappa shape index (κ2) is 6.82. The fourth-order valence-electron chi connectivity index (χ4n) is 4.67. The first-order chi connectivity index (χ1) is 12.5. The van der Waals surface area contributed by atoms with Crippen LogP contribution in [0.15, 0.2) is 6.20 Å². The van der Waals surface area contributed by atoms with Crippen LogP contribution >= 0.6 is 11.3 Å². The molecule has 3 aliphatic rings. The number of hydrogen-bond donors (Lipinski definition) is 0. The highest BCUT2D eigenvalue weighted by molar-refractivity contribution is 7.16. The van der Waals surface area contributed by atoms with Crippen molar-refractivity contribution in [2.75, 3.05) is 37.6 Å². The van der Waals surface area contributed by atoms with Gasteiger partial charge >= 0.3 is 0 Å². The first-order valence-electron chi connectivity index (χ1n) is 9.65. The van der Waals surface area contributed by atoms with Crippen LogP contribution in [0.1, 0.15) is 50.5 Å². The lowest BCUT2D eigenvalue weighted by atomic mass is 9.69. The van der Waals surface area contributed by atoms with E-state index in [1.54, 1.807) is 16.2 Å². The number of anilines is 1. The molecule has 1 aromatic rings. The highest BCUT2D eigenvalue weighted by Crippen LogP contribution is 2.48. The monoisotopic (exact) mass is 373 g/mol. The topological polar surface area (TPSA) is 63.5 Å². The minimum atomic E-state index is -0.200. The highest BCUT2D eigenvalue weighted by Gasteiger charge is 2.40. The van der Waals surface area contributed by atoms with E-state index in [1.165, 1.54) is 30.7 Å². The number of carbonyl (C=O) groups excluding carboxylic acids is 1. The third kappa shape index (κ3) is 3.10. The van der Waals surface area contributed by atoms with E-state index in [0.29, 0.717) is 12.5 Å². The van der Waals surface area contributed by atoms with Gasteiger partial charge in [0.05, 0.1) is 17.7 Å². The standard InChI is InChI=1S/C19H27N5OS/c1-19(2)6-4-3-5-14(19)17-21-11-16(26-17)24-10-9-23-8-7-22(13-20)12-15(23)18(24)25/h11,14-15H,3-10,12H2,1-2H3/t14-,15?/m1/s1. The van der Waals surface area contributed by atoms with Crippen LogP contribution in [0.2, 0.25) is 0 Å². The van der Waals surface area contributed by atoms with Crippen molar-refractivity contribution >= 4 is 22.2 Å². The van der Waals surface area contributed by atoms with E-state index >= 15 is 0 Å². The number of nitriles is 1. The summed E-state index contributed by atoms with van der Waals surface area (Å²) >= 11 is 1.69. The van der Waals surface area contributed by atoms with Crippen LogP contribution in [0.4, 0.5) is 5.00 Å². The first-order valence-corrected chi connectivity index (χ1v) is 10.5. The van der Waals surface area contributed by atoms with E-state index in [0.717, 1.165) is 31.2 Å². The maximum absolute atomic E-state index is 13.1. The summed E-state index contributed by atoms with van der Waals surface area (Å²) in [6, 6.07) is -0.200. The fraction of sp³-hybridized carbons (Fsp3) is 0.737. The molecule has 26 heavy (non-hydrogen) atoms. The molecule has 3 heterocycles. The van der Waals surface area contributed by atoms with Crippen molar-refractivity contribution in [2.24, 2.45) is 5.41 Å². The molecule has 1 aliphatic carbocycles. The Morgan fingerprint density at radius 3 is 2.85 bits per heavy atom. The van der Waals surface area contributed by atoms with Gasteiger partial charge in [0, 0.05) is 32.1 Å². The van der Waals surface area contributed by atoms with E-state index in [-0.39, 0.29) is 17.4 Å². The lowest BCUT2D eigenvalue weighted by molar-refractivity contribution is -0.127. The smallest absolute Gasteiger partial charge is 0.246 e. The van der Waals surface area contributed by atoms with Gasteiger partial charge in [-0.15, -0.1) is 11.3 Å². The van der Waals surface area contributed by atoms with Gasteiger partial charge in [-0.3, -0.25) is 14.6 Å². The first kappa shape index (κ1) is 17.7. The summed E-state index contributed by atoms with van der Waals surface area (Å²) in [6.45, 7) is 8.31. The summed E-state index contributed by atoms with van der Waals surface area (Å²) in [5.41, 5.74) is 0.284. The van der Waals surface area contributed by atoms with Crippen LogP contribution in [0.3, 0.4) is 0 Å². The van der Waals surface area contributed by atoms with Gasteiger partial charge in [0.2, 0.25) is 5.91 Å². The number of amides is 1. The third-order valence-corrected chi connectivity index (χ3v) is 7.51. The second-order valence-electron chi connectivity index (χ2n) is 8.41. The van der Waals surface area contributed by atoms with Gasteiger partial charge in [-0.05, 0) is 18.3 Å². The lowest BCUT2D eigenvalue weighted by Crippen LogP contribution is -2.64. The molecule has 4 rings (SSSR count). The quantitative estimate of drug-likeness (QED) is 0.746. The number of thiazole rings is 1. The maximum atomic E-state index is 13.1. The Morgan fingerprint density at radius 1 is 1.27 bits per heavy atom. The number of piperazine rings is 2. The molecular weight excluding hydrogens is 346 g/mol. The Morgan fingerprint density at radius 2 is 2.08 bits per heavy atom. The lowest BCUT2D eigenvalue weighted by Gasteiger charge is -2.44. The molecule has 2 atom stereocenters. The average Bonchev–Trinajstić information content (AvgIpc) is 3.11. The van der Waals surface area contributed by atoms with Crippen molar-refractivity contribution in [3.05, 3.63) is 11.2 Å². The molecule has 1 unspecified atom stereocenters. The molecule has 140 valence electrons. The van der Waals surface area contributed by atoms with Crippen molar-refractivity contribution < 1.29 is 4.79 Å². The SMILES string of the molecule is CC1(C)CCCC[C@@H]1c1ncc(N2CCN3CCN(C#N)CC3C2=O)s1. The van der Waals surface area contributed by atoms with E-state index in [1.807, 2.05) is 11.1 Å². The second-order valence-corrected chi connectivity index (χ2v) is 9.45. The summed E-state index contributed by atoms with van der Waals surface area (Å²) in [5.74, 6) is 0.615. The Bertz CT molecular complexity index is 724. The van der Waals surface area contributed by atoms with Crippen molar-refractivity contribution in [1.29, 1.82) is 5.26 Å². The predicted octanol–water partition coefficient (Wildman–Crippen LogP) is 2.64. The van der Waals surface area contributed by atoms with Crippen LogP contribution in [-0.4, -0.2) is 59.5 Å². The molecule has 2 aliphatic heterocycles. The molecule has 0 spiro atoms. The van der Waals surface area contributed by atoms with E-state index < -0.39 is 0 Å². The molecule has 0 bridgehead atoms. The van der Waals surface area contributed by atoms with Crippen molar-refractivity contribution in [1.82, 2.24) is 14.8 Å². The summed E-state index contributed by atoms with van der Waals surface area (Å²) in [5, 5.41) is 11.3. The Balaban J connectivity index is 1.52. The minimum Gasteiger partial charge on any atom is -0.307 e. The molecule has 7 heteroatoms. The predicted molar refractivity (Wildman–Crippen MR) is 102 cm³/mol.